The summed E-state index contributed by atoms with van der Waals surface area (Å²) in [7, 11) is 2.09. The molecule has 0 bridgehead atoms. The number of carbonyl (C=O) groups is 3. The van der Waals surface area contributed by atoms with E-state index in [-0.39, 0.29) is 39.9 Å². The number of amides is 3. The van der Waals surface area contributed by atoms with Gasteiger partial charge < -0.3 is 15.1 Å². The van der Waals surface area contributed by atoms with Crippen molar-refractivity contribution in [2.24, 2.45) is 7.05 Å². The first-order valence-electron chi connectivity index (χ1n) is 13.5. The normalized spacial score (nSPS) is 13.5. The number of aromatic nitrogens is 1. The predicted molar refractivity (Wildman–Crippen MR) is 162 cm³/mol. The molecule has 0 spiro atoms. The monoisotopic (exact) mass is 595 g/mol. The smallest absolute Gasteiger partial charge is 0.259 e. The Morgan fingerprint density at radius 1 is 1.12 bits per heavy atom. The van der Waals surface area contributed by atoms with Crippen LogP contribution in [-0.4, -0.2) is 75.0 Å². The number of hydrogen-bond acceptors (Lipinski definition) is 6. The van der Waals surface area contributed by atoms with E-state index in [2.05, 4.69) is 5.32 Å². The second-order valence-corrected chi connectivity index (χ2v) is 11.9. The molecule has 4 rings (SSSR count). The van der Waals surface area contributed by atoms with Crippen LogP contribution in [0.5, 0.6) is 0 Å². The summed E-state index contributed by atoms with van der Waals surface area (Å²) in [4.78, 5) is 57.5. The highest BCUT2D eigenvalue weighted by Crippen LogP contribution is 2.36. The fourth-order valence-electron chi connectivity index (χ4n) is 4.81. The van der Waals surface area contributed by atoms with E-state index in [9.17, 15) is 27.8 Å². The summed E-state index contributed by atoms with van der Waals surface area (Å²) in [6.45, 7) is 6.06. The maximum Gasteiger partial charge on any atom is 0.259 e. The third-order valence-corrected chi connectivity index (χ3v) is 8.66. The summed E-state index contributed by atoms with van der Waals surface area (Å²) >= 11 is 0. The van der Waals surface area contributed by atoms with Crippen LogP contribution in [0.25, 0.3) is 0 Å². The summed E-state index contributed by atoms with van der Waals surface area (Å²) in [6, 6.07) is 10.9. The lowest BCUT2D eigenvalue weighted by atomic mass is 10.0. The van der Waals surface area contributed by atoms with Gasteiger partial charge in [-0.15, -0.1) is 0 Å². The minimum atomic E-state index is -0.956. The van der Waals surface area contributed by atoms with Gasteiger partial charge in [-0.3, -0.25) is 32.9 Å². The van der Waals surface area contributed by atoms with Crippen LogP contribution in [0.2, 0.25) is 0 Å². The van der Waals surface area contributed by atoms with E-state index in [1.165, 1.54) is 41.6 Å². The zero-order chi connectivity index (χ0) is 30.7. The van der Waals surface area contributed by atoms with Crippen LogP contribution >= 0.6 is 0 Å². The lowest BCUT2D eigenvalue weighted by Crippen LogP contribution is -2.41. The van der Waals surface area contributed by atoms with E-state index in [0.717, 1.165) is 4.90 Å². The Balaban J connectivity index is 1.90. The molecule has 1 saturated heterocycles. The van der Waals surface area contributed by atoms with Gasteiger partial charge in [0, 0.05) is 72.8 Å². The van der Waals surface area contributed by atoms with Gasteiger partial charge in [0.2, 0.25) is 6.41 Å². The number of anilines is 4. The molecule has 42 heavy (non-hydrogen) atoms. The third-order valence-electron chi connectivity index (χ3n) is 7.38. The number of pyridine rings is 1. The minimum absolute atomic E-state index is 0.00838. The van der Waals surface area contributed by atoms with Crippen LogP contribution in [0.15, 0.2) is 47.3 Å². The van der Waals surface area contributed by atoms with Crippen LogP contribution in [0.3, 0.4) is 0 Å². The molecule has 3 amide bonds. The Bertz CT molecular complexity index is 1630. The van der Waals surface area contributed by atoms with E-state index in [0.29, 0.717) is 48.7 Å². The van der Waals surface area contributed by atoms with Crippen molar-refractivity contribution in [3.63, 3.8) is 0 Å². The second-order valence-electron chi connectivity index (χ2n) is 10.2. The summed E-state index contributed by atoms with van der Waals surface area (Å²) in [6.07, 6.45) is 0.481. The zero-order valence-electron chi connectivity index (χ0n) is 24.3. The SMILES string of the molecule is CCN(C)C(=O)c1c(N(C=O)c2cccc(C(=O)N3CCS(=O)CC3)c2)c(C)c(=O)n(C)c1Nc1ccc(C)cc1F. The first kappa shape index (κ1) is 30.6. The Labute approximate surface area is 246 Å². The number of hydrogen-bond donors (Lipinski definition) is 1. The average molecular weight is 596 g/mol. The lowest BCUT2D eigenvalue weighted by molar-refractivity contribution is -0.106. The van der Waals surface area contributed by atoms with Crippen LogP contribution in [-0.2, 0) is 22.6 Å². The van der Waals surface area contributed by atoms with Gasteiger partial charge in [-0.1, -0.05) is 12.1 Å². The van der Waals surface area contributed by atoms with Crippen molar-refractivity contribution in [3.05, 3.63) is 80.9 Å². The van der Waals surface area contributed by atoms with Crippen molar-refractivity contribution >= 4 is 51.9 Å². The van der Waals surface area contributed by atoms with E-state index in [4.69, 9.17) is 0 Å². The molecule has 0 atom stereocenters. The van der Waals surface area contributed by atoms with Crippen LogP contribution in [0, 0.1) is 19.7 Å². The highest BCUT2D eigenvalue weighted by Gasteiger charge is 2.30. The number of nitrogens with zero attached hydrogens (tertiary/aromatic N) is 4. The predicted octanol–water partition coefficient (Wildman–Crippen LogP) is 3.48. The van der Waals surface area contributed by atoms with Gasteiger partial charge >= 0.3 is 0 Å². The van der Waals surface area contributed by atoms with Crippen molar-refractivity contribution in [1.29, 1.82) is 0 Å². The Hall–Kier alpha value is -4.32. The Kier molecular flexibility index (Phi) is 9.25. The highest BCUT2D eigenvalue weighted by atomic mass is 32.2. The summed E-state index contributed by atoms with van der Waals surface area (Å²) in [5.74, 6) is -0.556. The zero-order valence-corrected chi connectivity index (χ0v) is 25.1. The Morgan fingerprint density at radius 3 is 2.43 bits per heavy atom. The molecule has 0 aliphatic carbocycles. The quantitative estimate of drug-likeness (QED) is 0.399. The van der Waals surface area contributed by atoms with Crippen LogP contribution in [0.4, 0.5) is 27.3 Å². The third kappa shape index (κ3) is 5.98. The second kappa shape index (κ2) is 12.7. The maximum absolute atomic E-state index is 14.9. The van der Waals surface area contributed by atoms with Gasteiger partial charge in [-0.05, 0) is 56.7 Å². The van der Waals surface area contributed by atoms with Gasteiger partial charge in [0.05, 0.1) is 11.4 Å². The molecule has 12 heteroatoms. The maximum atomic E-state index is 14.9. The molecular formula is C30H34FN5O5S. The lowest BCUT2D eigenvalue weighted by Gasteiger charge is -2.29. The average Bonchev–Trinajstić information content (AvgIpc) is 2.99. The number of carbonyl (C=O) groups excluding carboxylic acids is 3. The van der Waals surface area contributed by atoms with Crippen molar-refractivity contribution in [3.8, 4) is 0 Å². The molecular weight excluding hydrogens is 561 g/mol. The molecule has 222 valence electrons. The molecule has 1 fully saturated rings. The molecule has 1 aliphatic rings. The fourth-order valence-corrected chi connectivity index (χ4v) is 5.86. The van der Waals surface area contributed by atoms with Gasteiger partial charge in [-0.2, -0.15) is 0 Å². The number of halogens is 1. The number of nitrogens with one attached hydrogen (secondary N) is 1. The highest BCUT2D eigenvalue weighted by molar-refractivity contribution is 7.85. The molecule has 3 aromatic rings. The Morgan fingerprint density at radius 2 is 1.81 bits per heavy atom. The molecule has 1 N–H and O–H groups in total. The van der Waals surface area contributed by atoms with Gasteiger partial charge in [0.1, 0.15) is 17.2 Å². The molecule has 1 aromatic heterocycles. The van der Waals surface area contributed by atoms with Gasteiger partial charge in [0.15, 0.2) is 0 Å². The molecule has 0 radical (unpaired) electrons. The topological polar surface area (TPSA) is 112 Å². The van der Waals surface area contributed by atoms with E-state index in [1.807, 2.05) is 0 Å². The molecule has 10 nitrogen and oxygen atoms in total. The number of aryl methyl sites for hydroxylation is 1. The van der Waals surface area contributed by atoms with E-state index in [1.54, 1.807) is 50.1 Å². The van der Waals surface area contributed by atoms with Gasteiger partial charge in [0.25, 0.3) is 17.4 Å². The summed E-state index contributed by atoms with van der Waals surface area (Å²) < 4.78 is 27.9. The number of benzene rings is 2. The molecule has 0 saturated carbocycles. The van der Waals surface area contributed by atoms with Crippen LogP contribution < -0.4 is 15.8 Å². The van der Waals surface area contributed by atoms with Crippen molar-refractivity contribution in [2.45, 2.75) is 20.8 Å². The van der Waals surface area contributed by atoms with Gasteiger partial charge in [-0.25, -0.2) is 4.39 Å². The molecule has 0 unspecified atom stereocenters. The first-order chi connectivity index (χ1) is 20.0. The first-order valence-corrected chi connectivity index (χ1v) is 15.0. The number of rotatable bonds is 8. The summed E-state index contributed by atoms with van der Waals surface area (Å²) in [5, 5.41) is 2.92. The van der Waals surface area contributed by atoms with Crippen molar-refractivity contribution < 1.29 is 23.0 Å². The largest absolute Gasteiger partial charge is 0.342 e. The fraction of sp³-hybridized carbons (Fsp3) is 0.333. The van der Waals surface area contributed by atoms with Crippen molar-refractivity contribution in [2.75, 3.05) is 48.4 Å². The molecule has 2 heterocycles. The molecule has 2 aromatic carbocycles. The standard InChI is InChI=1S/C30H34FN5O5S/c1-6-33(4)30(40)25-26(20(3)28(38)34(5)27(25)32-24-11-10-19(2)16-23(24)31)36(18-37)22-9-7-8-21(17-22)29(39)35-12-14-42(41)15-13-35/h7-11,16-18,32H,6,12-15H2,1-5H3. The van der Waals surface area contributed by atoms with Crippen LogP contribution in [0.1, 0.15) is 38.8 Å². The van der Waals surface area contributed by atoms with E-state index >= 15 is 0 Å². The van der Waals surface area contributed by atoms with Crippen molar-refractivity contribution in [1.82, 2.24) is 14.4 Å². The molecule has 1 aliphatic heterocycles. The minimum Gasteiger partial charge on any atom is -0.342 e. The van der Waals surface area contributed by atoms with E-state index < -0.39 is 28.1 Å². The summed E-state index contributed by atoms with van der Waals surface area (Å²) in [5.41, 5.74) is 0.913.